The molecule has 1 N–H and O–H groups in total. The van der Waals surface area contributed by atoms with Gasteiger partial charge in [-0.2, -0.15) is 0 Å². The fourth-order valence-electron chi connectivity index (χ4n) is 3.46. The Morgan fingerprint density at radius 1 is 1.24 bits per heavy atom. The van der Waals surface area contributed by atoms with Crippen molar-refractivity contribution < 1.29 is 0 Å². The fraction of sp³-hybridized carbons (Fsp3) is 0.684. The van der Waals surface area contributed by atoms with Crippen molar-refractivity contribution in [3.8, 4) is 0 Å². The summed E-state index contributed by atoms with van der Waals surface area (Å²) in [5.74, 6) is 0.784. The van der Waals surface area contributed by atoms with Crippen LogP contribution in [0.2, 0.25) is 0 Å². The molecule has 1 aromatic rings. The van der Waals surface area contributed by atoms with Crippen molar-refractivity contribution in [2.45, 2.75) is 58.5 Å². The third-order valence-electron chi connectivity index (χ3n) is 4.59. The topological polar surface area (TPSA) is 15.3 Å². The summed E-state index contributed by atoms with van der Waals surface area (Å²) in [5.41, 5.74) is 1.47. The highest BCUT2D eigenvalue weighted by molar-refractivity contribution is 5.14. The lowest BCUT2D eigenvalue weighted by molar-refractivity contribution is 0.117. The van der Waals surface area contributed by atoms with E-state index in [0.717, 1.165) is 12.0 Å². The summed E-state index contributed by atoms with van der Waals surface area (Å²) in [6, 6.07) is 12.3. The maximum atomic E-state index is 3.75. The molecule has 0 radical (unpaired) electrons. The van der Waals surface area contributed by atoms with Crippen LogP contribution in [0.4, 0.5) is 0 Å². The first-order valence-electron chi connectivity index (χ1n) is 8.70. The lowest BCUT2D eigenvalue weighted by Gasteiger charge is -2.40. The second kappa shape index (κ2) is 8.55. The monoisotopic (exact) mass is 288 g/mol. The molecule has 1 aliphatic heterocycles. The van der Waals surface area contributed by atoms with Gasteiger partial charge in [0, 0.05) is 25.2 Å². The highest BCUT2D eigenvalue weighted by Gasteiger charge is 2.26. The average molecular weight is 288 g/mol. The SMILES string of the molecule is CCC1CNC(CC(C)C)CN1CCCc1ccccc1. The van der Waals surface area contributed by atoms with Gasteiger partial charge in [0.1, 0.15) is 0 Å². The molecule has 1 aliphatic rings. The molecule has 0 bridgehead atoms. The van der Waals surface area contributed by atoms with Crippen LogP contribution in [0.5, 0.6) is 0 Å². The summed E-state index contributed by atoms with van der Waals surface area (Å²) >= 11 is 0. The van der Waals surface area contributed by atoms with Gasteiger partial charge in [-0.25, -0.2) is 0 Å². The minimum Gasteiger partial charge on any atom is -0.311 e. The van der Waals surface area contributed by atoms with Crippen LogP contribution in [0.25, 0.3) is 0 Å². The first kappa shape index (κ1) is 16.5. The van der Waals surface area contributed by atoms with E-state index in [1.807, 2.05) is 0 Å². The molecule has 1 saturated heterocycles. The number of nitrogens with zero attached hydrogens (tertiary/aromatic N) is 1. The number of nitrogens with one attached hydrogen (secondary N) is 1. The average Bonchev–Trinajstić information content (AvgIpc) is 2.48. The molecule has 1 fully saturated rings. The molecular weight excluding hydrogens is 256 g/mol. The summed E-state index contributed by atoms with van der Waals surface area (Å²) in [4.78, 5) is 2.73. The third-order valence-corrected chi connectivity index (χ3v) is 4.59. The van der Waals surface area contributed by atoms with E-state index in [0.29, 0.717) is 6.04 Å². The van der Waals surface area contributed by atoms with Gasteiger partial charge in [-0.1, -0.05) is 51.1 Å². The molecule has 0 aliphatic carbocycles. The first-order valence-corrected chi connectivity index (χ1v) is 8.70. The van der Waals surface area contributed by atoms with Crippen molar-refractivity contribution in [1.82, 2.24) is 10.2 Å². The molecule has 1 heterocycles. The normalized spacial score (nSPS) is 23.6. The van der Waals surface area contributed by atoms with Crippen molar-refractivity contribution in [2.75, 3.05) is 19.6 Å². The van der Waals surface area contributed by atoms with E-state index in [-0.39, 0.29) is 0 Å². The van der Waals surface area contributed by atoms with Gasteiger partial charge in [0.05, 0.1) is 0 Å². The van der Waals surface area contributed by atoms with Gasteiger partial charge in [-0.15, -0.1) is 0 Å². The molecule has 2 rings (SSSR count). The summed E-state index contributed by atoms with van der Waals surface area (Å²) in [6.45, 7) is 10.6. The fourth-order valence-corrected chi connectivity index (χ4v) is 3.46. The Bertz CT molecular complexity index is 388. The maximum absolute atomic E-state index is 3.75. The minimum atomic E-state index is 0.685. The molecule has 2 heteroatoms. The highest BCUT2D eigenvalue weighted by Crippen LogP contribution is 2.16. The zero-order valence-electron chi connectivity index (χ0n) is 14.0. The van der Waals surface area contributed by atoms with Crippen molar-refractivity contribution >= 4 is 0 Å². The van der Waals surface area contributed by atoms with Crippen LogP contribution in [0, 0.1) is 5.92 Å². The molecule has 0 aromatic heterocycles. The number of piperazine rings is 1. The maximum Gasteiger partial charge on any atom is 0.0218 e. The van der Waals surface area contributed by atoms with Gasteiger partial charge in [-0.05, 0) is 43.7 Å². The van der Waals surface area contributed by atoms with Gasteiger partial charge in [-0.3, -0.25) is 4.90 Å². The van der Waals surface area contributed by atoms with Gasteiger partial charge in [0.2, 0.25) is 0 Å². The number of hydrogen-bond acceptors (Lipinski definition) is 2. The third kappa shape index (κ3) is 5.44. The van der Waals surface area contributed by atoms with Crippen LogP contribution in [0.1, 0.15) is 45.6 Å². The second-order valence-electron chi connectivity index (χ2n) is 6.88. The molecule has 21 heavy (non-hydrogen) atoms. The Balaban J connectivity index is 1.80. The van der Waals surface area contributed by atoms with E-state index in [4.69, 9.17) is 0 Å². The summed E-state index contributed by atoms with van der Waals surface area (Å²) in [7, 11) is 0. The second-order valence-corrected chi connectivity index (χ2v) is 6.88. The quantitative estimate of drug-likeness (QED) is 0.822. The Hall–Kier alpha value is -0.860. The smallest absolute Gasteiger partial charge is 0.0218 e. The van der Waals surface area contributed by atoms with E-state index in [9.17, 15) is 0 Å². The van der Waals surface area contributed by atoms with Crippen LogP contribution >= 0.6 is 0 Å². The van der Waals surface area contributed by atoms with Gasteiger partial charge < -0.3 is 5.32 Å². The molecule has 1 aromatic carbocycles. The highest BCUT2D eigenvalue weighted by atomic mass is 15.2. The van der Waals surface area contributed by atoms with Crippen LogP contribution in [-0.2, 0) is 6.42 Å². The number of benzene rings is 1. The number of hydrogen-bond donors (Lipinski definition) is 1. The van der Waals surface area contributed by atoms with Crippen molar-refractivity contribution in [3.05, 3.63) is 35.9 Å². The summed E-state index contributed by atoms with van der Waals surface area (Å²) in [6.07, 6.45) is 5.03. The molecule has 0 amide bonds. The van der Waals surface area contributed by atoms with Crippen LogP contribution in [0.15, 0.2) is 30.3 Å². The van der Waals surface area contributed by atoms with E-state index in [1.54, 1.807) is 0 Å². The molecule has 0 spiro atoms. The zero-order chi connectivity index (χ0) is 15.1. The van der Waals surface area contributed by atoms with Gasteiger partial charge in [0.25, 0.3) is 0 Å². The summed E-state index contributed by atoms with van der Waals surface area (Å²) < 4.78 is 0. The Morgan fingerprint density at radius 3 is 2.67 bits per heavy atom. The van der Waals surface area contributed by atoms with Crippen LogP contribution in [0.3, 0.4) is 0 Å². The number of rotatable bonds is 7. The molecule has 2 unspecified atom stereocenters. The minimum absolute atomic E-state index is 0.685. The van der Waals surface area contributed by atoms with E-state index < -0.39 is 0 Å². The van der Waals surface area contributed by atoms with E-state index >= 15 is 0 Å². The first-order chi connectivity index (χ1) is 10.2. The Labute approximate surface area is 130 Å². The molecule has 118 valence electrons. The van der Waals surface area contributed by atoms with Crippen molar-refractivity contribution in [2.24, 2.45) is 5.92 Å². The lowest BCUT2D eigenvalue weighted by atomic mass is 9.98. The Morgan fingerprint density at radius 2 is 2.00 bits per heavy atom. The molecule has 2 atom stereocenters. The largest absolute Gasteiger partial charge is 0.311 e. The lowest BCUT2D eigenvalue weighted by Crippen LogP contribution is -2.56. The molecule has 0 saturated carbocycles. The Kier molecular flexibility index (Phi) is 6.72. The van der Waals surface area contributed by atoms with Crippen molar-refractivity contribution in [3.63, 3.8) is 0 Å². The molecule has 2 nitrogen and oxygen atoms in total. The van der Waals surface area contributed by atoms with E-state index in [2.05, 4.69) is 61.3 Å². The van der Waals surface area contributed by atoms with Gasteiger partial charge >= 0.3 is 0 Å². The van der Waals surface area contributed by atoms with Gasteiger partial charge in [0.15, 0.2) is 0 Å². The number of aryl methyl sites for hydroxylation is 1. The standard InChI is InChI=1S/C19H32N2/c1-4-19-14-20-18(13-16(2)3)15-21(19)12-8-11-17-9-6-5-7-10-17/h5-7,9-10,16,18-20H,4,8,11-15H2,1-3H3. The van der Waals surface area contributed by atoms with Crippen molar-refractivity contribution in [1.29, 1.82) is 0 Å². The van der Waals surface area contributed by atoms with Crippen LogP contribution in [-0.4, -0.2) is 36.6 Å². The summed E-state index contributed by atoms with van der Waals surface area (Å²) in [5, 5.41) is 3.75. The zero-order valence-corrected chi connectivity index (χ0v) is 14.0. The predicted molar refractivity (Wildman–Crippen MR) is 91.7 cm³/mol. The van der Waals surface area contributed by atoms with Crippen LogP contribution < -0.4 is 5.32 Å². The van der Waals surface area contributed by atoms with E-state index in [1.165, 1.54) is 50.9 Å². The predicted octanol–water partition coefficient (Wildman–Crippen LogP) is 3.72. The molecular formula is C19H32N2.